The van der Waals surface area contributed by atoms with Crippen LogP contribution in [0.5, 0.6) is 0 Å². The SMILES string of the molecule is CC(=Cc1csc(C)n1)[C@H](C[C@@H]1O[C@@]1(CCC[C@H](C)C=O)COS(C)(=O)=O)O[Si](C)(C)C(C)(C)C. The van der Waals surface area contributed by atoms with Crippen molar-refractivity contribution in [2.45, 2.75) is 103 Å². The highest BCUT2D eigenvalue weighted by atomic mass is 32.2. The zero-order chi connectivity index (χ0) is 26.7. The smallest absolute Gasteiger partial charge is 0.264 e. The second-order valence-corrected chi connectivity index (χ2v) is 18.9. The molecule has 2 heterocycles. The van der Waals surface area contributed by atoms with Crippen molar-refractivity contribution in [3.05, 3.63) is 21.7 Å². The average molecular weight is 546 g/mol. The first kappa shape index (κ1) is 30.3. The predicted molar refractivity (Wildman–Crippen MR) is 145 cm³/mol. The van der Waals surface area contributed by atoms with Gasteiger partial charge in [0.15, 0.2) is 8.32 Å². The van der Waals surface area contributed by atoms with E-state index in [1.807, 2.05) is 19.2 Å². The summed E-state index contributed by atoms with van der Waals surface area (Å²) in [6.07, 6.45) is 6.42. The molecule has 35 heavy (non-hydrogen) atoms. The molecule has 0 radical (unpaired) electrons. The molecule has 1 aliphatic rings. The van der Waals surface area contributed by atoms with Crippen LogP contribution in [-0.4, -0.2) is 58.7 Å². The van der Waals surface area contributed by atoms with Crippen LogP contribution in [0.3, 0.4) is 0 Å². The van der Waals surface area contributed by atoms with Crippen LogP contribution in [0.1, 0.15) is 71.0 Å². The third kappa shape index (κ3) is 9.16. The molecule has 0 N–H and O–H groups in total. The first-order chi connectivity index (χ1) is 16.0. The molecule has 10 heteroatoms. The summed E-state index contributed by atoms with van der Waals surface area (Å²) >= 11 is 1.61. The van der Waals surface area contributed by atoms with E-state index in [1.54, 1.807) is 11.3 Å². The topological polar surface area (TPSA) is 95.1 Å². The monoisotopic (exact) mass is 545 g/mol. The van der Waals surface area contributed by atoms with E-state index in [9.17, 15) is 13.2 Å². The Morgan fingerprint density at radius 3 is 2.54 bits per heavy atom. The molecule has 0 unspecified atom stereocenters. The van der Waals surface area contributed by atoms with Crippen LogP contribution in [0.4, 0.5) is 0 Å². The van der Waals surface area contributed by atoms with E-state index in [0.717, 1.165) is 41.7 Å². The fourth-order valence-corrected chi connectivity index (χ4v) is 6.09. The Hall–Kier alpha value is -0.913. The first-order valence-corrected chi connectivity index (χ1v) is 17.8. The molecule has 0 aromatic carbocycles. The Morgan fingerprint density at radius 1 is 1.37 bits per heavy atom. The van der Waals surface area contributed by atoms with Crippen molar-refractivity contribution in [1.29, 1.82) is 0 Å². The fraction of sp³-hybridized carbons (Fsp3) is 0.760. The summed E-state index contributed by atoms with van der Waals surface area (Å²) in [5.74, 6) is -0.0403. The molecule has 1 aromatic rings. The number of carbonyl (C=O) groups is 1. The fourth-order valence-electron chi connectivity index (χ4n) is 3.76. The van der Waals surface area contributed by atoms with Crippen molar-refractivity contribution >= 4 is 42.1 Å². The number of rotatable bonds is 14. The van der Waals surface area contributed by atoms with Crippen LogP contribution in [0.15, 0.2) is 11.0 Å². The molecule has 4 atom stereocenters. The Balaban J connectivity index is 2.26. The summed E-state index contributed by atoms with van der Waals surface area (Å²) in [7, 11) is -5.70. The second-order valence-electron chi connectivity index (χ2n) is 11.4. The van der Waals surface area contributed by atoms with Crippen molar-refractivity contribution in [2.75, 3.05) is 12.9 Å². The predicted octanol–water partition coefficient (Wildman–Crippen LogP) is 5.75. The Labute approximate surface area is 216 Å². The Kier molecular flexibility index (Phi) is 10.1. The van der Waals surface area contributed by atoms with Crippen LogP contribution in [-0.2, 0) is 28.3 Å². The van der Waals surface area contributed by atoms with Crippen molar-refractivity contribution in [2.24, 2.45) is 5.92 Å². The highest BCUT2D eigenvalue weighted by molar-refractivity contribution is 7.85. The molecular formula is C25H43NO6S2Si. The number of hydrogen-bond donors (Lipinski definition) is 0. The van der Waals surface area contributed by atoms with E-state index in [1.165, 1.54) is 0 Å². The van der Waals surface area contributed by atoms with Gasteiger partial charge in [-0.15, -0.1) is 11.3 Å². The molecule has 1 fully saturated rings. The van der Waals surface area contributed by atoms with Gasteiger partial charge in [-0.25, -0.2) is 4.98 Å². The molecule has 0 amide bonds. The van der Waals surface area contributed by atoms with E-state index >= 15 is 0 Å². The number of thiazole rings is 1. The molecule has 0 saturated carbocycles. The maximum atomic E-state index is 11.7. The average Bonchev–Trinajstić information content (AvgIpc) is 3.23. The molecule has 1 saturated heterocycles. The van der Waals surface area contributed by atoms with Gasteiger partial charge in [-0.1, -0.05) is 27.7 Å². The number of nitrogens with zero attached hydrogens (tertiary/aromatic N) is 1. The van der Waals surface area contributed by atoms with Gasteiger partial charge in [0.2, 0.25) is 0 Å². The number of carbonyl (C=O) groups excluding carboxylic acids is 1. The van der Waals surface area contributed by atoms with Gasteiger partial charge in [0.25, 0.3) is 10.1 Å². The normalized spacial score (nSPS) is 23.2. The minimum atomic E-state index is -3.60. The van der Waals surface area contributed by atoms with Gasteiger partial charge in [-0.05, 0) is 62.9 Å². The van der Waals surface area contributed by atoms with Gasteiger partial charge < -0.3 is 14.0 Å². The van der Waals surface area contributed by atoms with Gasteiger partial charge in [0, 0.05) is 17.7 Å². The molecule has 7 nitrogen and oxygen atoms in total. The maximum Gasteiger partial charge on any atom is 0.264 e. The number of aldehydes is 1. The van der Waals surface area contributed by atoms with Crippen LogP contribution >= 0.6 is 11.3 Å². The van der Waals surface area contributed by atoms with Gasteiger partial charge in [0.05, 0.1) is 35.8 Å². The number of aromatic nitrogens is 1. The van der Waals surface area contributed by atoms with Gasteiger partial charge in [0.1, 0.15) is 11.9 Å². The largest absolute Gasteiger partial charge is 0.410 e. The van der Waals surface area contributed by atoms with Crippen LogP contribution < -0.4 is 0 Å². The third-order valence-electron chi connectivity index (χ3n) is 7.11. The van der Waals surface area contributed by atoms with Gasteiger partial charge in [-0.2, -0.15) is 8.42 Å². The number of epoxide rings is 1. The third-order valence-corrected chi connectivity index (χ3v) is 12.9. The summed E-state index contributed by atoms with van der Waals surface area (Å²) in [4.78, 5) is 15.6. The van der Waals surface area contributed by atoms with Crippen molar-refractivity contribution < 1.29 is 26.6 Å². The molecule has 2 rings (SSSR count). The molecule has 1 aliphatic heterocycles. The van der Waals surface area contributed by atoms with Crippen molar-refractivity contribution in [3.63, 3.8) is 0 Å². The number of aryl methyl sites for hydroxylation is 1. The van der Waals surface area contributed by atoms with E-state index in [4.69, 9.17) is 13.3 Å². The van der Waals surface area contributed by atoms with Gasteiger partial charge in [-0.3, -0.25) is 4.18 Å². The zero-order valence-electron chi connectivity index (χ0n) is 22.7. The summed E-state index contributed by atoms with van der Waals surface area (Å²) in [6, 6.07) is 0. The van der Waals surface area contributed by atoms with E-state index in [-0.39, 0.29) is 29.8 Å². The van der Waals surface area contributed by atoms with Gasteiger partial charge >= 0.3 is 0 Å². The standard InChI is InChI=1S/C25H43NO6S2Si/c1-18(15-27)11-10-12-25(17-30-34(7,28)29)23(31-25)14-22(32-35(8,9)24(4,5)6)19(2)13-21-16-33-20(3)26-21/h13,15-16,18,22-23H,10-12,14,17H2,1-9H3/t18-,22-,23-,25-/m0/s1. The number of hydrogen-bond acceptors (Lipinski definition) is 8. The summed E-state index contributed by atoms with van der Waals surface area (Å²) < 4.78 is 41.6. The lowest BCUT2D eigenvalue weighted by molar-refractivity contribution is -0.110. The minimum Gasteiger partial charge on any atom is -0.410 e. The summed E-state index contributed by atoms with van der Waals surface area (Å²) in [5.41, 5.74) is 1.31. The van der Waals surface area contributed by atoms with Crippen LogP contribution in [0, 0.1) is 12.8 Å². The highest BCUT2D eigenvalue weighted by Gasteiger charge is 2.57. The lowest BCUT2D eigenvalue weighted by atomic mass is 9.92. The van der Waals surface area contributed by atoms with Crippen LogP contribution in [0.2, 0.25) is 18.1 Å². The molecular weight excluding hydrogens is 502 g/mol. The lowest BCUT2D eigenvalue weighted by Gasteiger charge is -2.39. The van der Waals surface area contributed by atoms with E-state index in [0.29, 0.717) is 12.8 Å². The van der Waals surface area contributed by atoms with Crippen molar-refractivity contribution in [3.8, 4) is 0 Å². The lowest BCUT2D eigenvalue weighted by Crippen LogP contribution is -2.44. The van der Waals surface area contributed by atoms with E-state index < -0.39 is 24.0 Å². The second kappa shape index (κ2) is 11.6. The van der Waals surface area contributed by atoms with Crippen LogP contribution in [0.25, 0.3) is 6.08 Å². The number of ether oxygens (including phenoxy) is 1. The Morgan fingerprint density at radius 2 is 2.03 bits per heavy atom. The molecule has 0 aliphatic carbocycles. The highest BCUT2D eigenvalue weighted by Crippen LogP contribution is 2.47. The molecule has 1 aromatic heterocycles. The molecule has 200 valence electrons. The van der Waals surface area contributed by atoms with E-state index in [2.05, 4.69) is 51.8 Å². The van der Waals surface area contributed by atoms with Crippen molar-refractivity contribution in [1.82, 2.24) is 4.98 Å². The summed E-state index contributed by atoms with van der Waals surface area (Å²) in [6.45, 7) is 17.0. The Bertz CT molecular complexity index is 998. The minimum absolute atomic E-state index is 0.0210. The summed E-state index contributed by atoms with van der Waals surface area (Å²) in [5, 5.41) is 3.08. The maximum absolute atomic E-state index is 11.7. The molecule has 0 spiro atoms. The first-order valence-electron chi connectivity index (χ1n) is 12.2. The zero-order valence-corrected chi connectivity index (χ0v) is 25.3. The quantitative estimate of drug-likeness (QED) is 0.127. The molecule has 0 bridgehead atoms.